The van der Waals surface area contributed by atoms with Gasteiger partial charge in [0, 0.05) is 12.6 Å². The van der Waals surface area contributed by atoms with Gasteiger partial charge >= 0.3 is 0 Å². The number of amides is 1. The highest BCUT2D eigenvalue weighted by Gasteiger charge is 2.18. The molecular formula is C19H33N5O4. The molecular weight excluding hydrogens is 362 g/mol. The number of benzene rings is 1. The van der Waals surface area contributed by atoms with Gasteiger partial charge in [0.25, 0.3) is 0 Å². The van der Waals surface area contributed by atoms with Crippen LogP contribution in [0.5, 0.6) is 17.2 Å². The predicted octanol–water partition coefficient (Wildman–Crippen LogP) is 0.740. The Balaban J connectivity index is 2.55. The molecule has 9 heteroatoms. The van der Waals surface area contributed by atoms with Gasteiger partial charge < -0.3 is 36.3 Å². The average molecular weight is 396 g/mol. The molecule has 1 rings (SSSR count). The number of guanidine groups is 1. The van der Waals surface area contributed by atoms with E-state index < -0.39 is 6.04 Å². The Kier molecular flexibility index (Phi) is 9.94. The van der Waals surface area contributed by atoms with E-state index in [0.717, 1.165) is 18.4 Å². The Hall–Kier alpha value is -2.68. The van der Waals surface area contributed by atoms with E-state index in [-0.39, 0.29) is 17.9 Å². The van der Waals surface area contributed by atoms with Crippen LogP contribution in [-0.2, 0) is 11.2 Å². The molecule has 2 atom stereocenters. The minimum Gasteiger partial charge on any atom is -0.493 e. The van der Waals surface area contributed by atoms with Crippen LogP contribution in [0.3, 0.4) is 0 Å². The zero-order valence-electron chi connectivity index (χ0n) is 17.1. The normalized spacial score (nSPS) is 12.6. The van der Waals surface area contributed by atoms with Gasteiger partial charge in [-0.15, -0.1) is 0 Å². The van der Waals surface area contributed by atoms with Crippen LogP contribution in [0.4, 0.5) is 0 Å². The minimum atomic E-state index is -0.570. The summed E-state index contributed by atoms with van der Waals surface area (Å²) in [6.07, 6.45) is 2.73. The van der Waals surface area contributed by atoms with Crippen LogP contribution in [0.25, 0.3) is 0 Å². The highest BCUT2D eigenvalue weighted by atomic mass is 16.5. The maximum atomic E-state index is 12.3. The van der Waals surface area contributed by atoms with Gasteiger partial charge in [-0.3, -0.25) is 10.2 Å². The van der Waals surface area contributed by atoms with Gasteiger partial charge in [-0.25, -0.2) is 0 Å². The van der Waals surface area contributed by atoms with Crippen LogP contribution >= 0.6 is 0 Å². The van der Waals surface area contributed by atoms with Crippen molar-refractivity contribution < 1.29 is 19.0 Å². The third kappa shape index (κ3) is 7.51. The van der Waals surface area contributed by atoms with E-state index in [2.05, 4.69) is 10.6 Å². The maximum Gasteiger partial charge on any atom is 0.237 e. The van der Waals surface area contributed by atoms with Crippen molar-refractivity contribution >= 4 is 11.9 Å². The molecule has 0 saturated carbocycles. The minimum absolute atomic E-state index is 0.0531. The lowest BCUT2D eigenvalue weighted by Gasteiger charge is -2.19. The topological polar surface area (TPSA) is 145 Å². The number of rotatable bonds is 12. The lowest BCUT2D eigenvalue weighted by molar-refractivity contribution is -0.123. The molecule has 158 valence electrons. The summed E-state index contributed by atoms with van der Waals surface area (Å²) in [6, 6.07) is 3.05. The van der Waals surface area contributed by atoms with Gasteiger partial charge in [-0.05, 0) is 50.3 Å². The van der Waals surface area contributed by atoms with E-state index in [1.165, 1.54) is 0 Å². The quantitative estimate of drug-likeness (QED) is 0.199. The van der Waals surface area contributed by atoms with Crippen molar-refractivity contribution in [2.45, 2.75) is 44.7 Å². The van der Waals surface area contributed by atoms with Crippen LogP contribution in [0, 0.1) is 5.41 Å². The van der Waals surface area contributed by atoms with Crippen molar-refractivity contribution in [3.63, 3.8) is 0 Å². The van der Waals surface area contributed by atoms with E-state index in [9.17, 15) is 4.79 Å². The smallest absolute Gasteiger partial charge is 0.237 e. The van der Waals surface area contributed by atoms with Crippen molar-refractivity contribution in [1.82, 2.24) is 10.6 Å². The second kappa shape index (κ2) is 11.9. The zero-order valence-corrected chi connectivity index (χ0v) is 17.1. The Labute approximate surface area is 166 Å². The highest BCUT2D eigenvalue weighted by Crippen LogP contribution is 2.38. The first-order chi connectivity index (χ1) is 13.3. The van der Waals surface area contributed by atoms with Crippen LogP contribution in [-0.4, -0.2) is 51.8 Å². The summed E-state index contributed by atoms with van der Waals surface area (Å²) in [5.74, 6) is 1.45. The van der Waals surface area contributed by atoms with E-state index in [1.807, 2.05) is 19.1 Å². The van der Waals surface area contributed by atoms with Crippen LogP contribution in [0.1, 0.15) is 31.7 Å². The molecule has 0 aliphatic rings. The Morgan fingerprint density at radius 1 is 1.14 bits per heavy atom. The number of unbranched alkanes of at least 4 members (excludes halogenated alkanes) is 1. The molecule has 28 heavy (non-hydrogen) atoms. The monoisotopic (exact) mass is 395 g/mol. The summed E-state index contributed by atoms with van der Waals surface area (Å²) in [5, 5.41) is 12.8. The standard InChI is InChI=1S/C19H33N5O4/c1-12(24-18(25)14(20)7-5-6-8-23-19(21)22)9-13-10-15(26-2)17(28-4)16(11-13)27-3/h10-12,14H,5-9,20H2,1-4H3,(H,24,25)(H4,21,22,23). The summed E-state index contributed by atoms with van der Waals surface area (Å²) in [5.41, 5.74) is 12.1. The van der Waals surface area contributed by atoms with E-state index in [0.29, 0.717) is 36.6 Å². The van der Waals surface area contributed by atoms with Gasteiger partial charge in [-0.1, -0.05) is 0 Å². The lowest BCUT2D eigenvalue weighted by Crippen LogP contribution is -2.45. The SMILES string of the molecule is COc1cc(CC(C)NC(=O)C(N)CCCCNC(=N)N)cc(OC)c1OC. The van der Waals surface area contributed by atoms with Gasteiger partial charge in [0.1, 0.15) is 0 Å². The fraction of sp³-hybridized carbons (Fsp3) is 0.579. The predicted molar refractivity (Wildman–Crippen MR) is 109 cm³/mol. The number of hydrogen-bond donors (Lipinski definition) is 5. The molecule has 0 aliphatic carbocycles. The maximum absolute atomic E-state index is 12.3. The third-order valence-corrected chi connectivity index (χ3v) is 4.25. The summed E-state index contributed by atoms with van der Waals surface area (Å²) in [4.78, 5) is 12.3. The summed E-state index contributed by atoms with van der Waals surface area (Å²) >= 11 is 0. The highest BCUT2D eigenvalue weighted by molar-refractivity contribution is 5.81. The first kappa shape index (κ1) is 23.4. The van der Waals surface area contributed by atoms with Crippen molar-refractivity contribution in [2.75, 3.05) is 27.9 Å². The molecule has 0 aromatic heterocycles. The Morgan fingerprint density at radius 3 is 2.25 bits per heavy atom. The fourth-order valence-corrected chi connectivity index (χ4v) is 2.85. The molecule has 0 bridgehead atoms. The van der Waals surface area contributed by atoms with Crippen molar-refractivity contribution in [1.29, 1.82) is 5.41 Å². The lowest BCUT2D eigenvalue weighted by atomic mass is 10.0. The van der Waals surface area contributed by atoms with E-state index in [1.54, 1.807) is 21.3 Å². The summed E-state index contributed by atoms with van der Waals surface area (Å²) in [6.45, 7) is 2.52. The molecule has 0 radical (unpaired) electrons. The molecule has 7 N–H and O–H groups in total. The van der Waals surface area contributed by atoms with Gasteiger partial charge in [0.05, 0.1) is 27.4 Å². The number of nitrogens with two attached hydrogens (primary N) is 2. The second-order valence-corrected chi connectivity index (χ2v) is 6.59. The second-order valence-electron chi connectivity index (χ2n) is 6.59. The van der Waals surface area contributed by atoms with Gasteiger partial charge in [0.2, 0.25) is 11.7 Å². The van der Waals surface area contributed by atoms with Crippen molar-refractivity contribution in [3.8, 4) is 17.2 Å². The van der Waals surface area contributed by atoms with E-state index >= 15 is 0 Å². The molecule has 1 aromatic rings. The molecule has 9 nitrogen and oxygen atoms in total. The molecule has 0 saturated heterocycles. The number of carbonyl (C=O) groups excluding carboxylic acids is 1. The first-order valence-electron chi connectivity index (χ1n) is 9.25. The average Bonchev–Trinajstić information content (AvgIpc) is 2.66. The first-order valence-corrected chi connectivity index (χ1v) is 9.25. The molecule has 2 unspecified atom stereocenters. The molecule has 0 fully saturated rings. The largest absolute Gasteiger partial charge is 0.493 e. The fourth-order valence-electron chi connectivity index (χ4n) is 2.85. The number of carbonyl (C=O) groups is 1. The third-order valence-electron chi connectivity index (χ3n) is 4.25. The molecule has 0 aliphatic heterocycles. The number of nitrogens with one attached hydrogen (secondary N) is 3. The summed E-state index contributed by atoms with van der Waals surface area (Å²) < 4.78 is 16.0. The number of methoxy groups -OCH3 is 3. The number of ether oxygens (including phenoxy) is 3. The Morgan fingerprint density at radius 2 is 1.75 bits per heavy atom. The summed E-state index contributed by atoms with van der Waals surface area (Å²) in [7, 11) is 4.69. The zero-order chi connectivity index (χ0) is 21.1. The number of hydrogen-bond acceptors (Lipinski definition) is 6. The van der Waals surface area contributed by atoms with Gasteiger partial charge in [-0.2, -0.15) is 0 Å². The van der Waals surface area contributed by atoms with Crippen LogP contribution in [0.2, 0.25) is 0 Å². The van der Waals surface area contributed by atoms with E-state index in [4.69, 9.17) is 31.1 Å². The molecule has 1 aromatic carbocycles. The van der Waals surface area contributed by atoms with Crippen molar-refractivity contribution in [3.05, 3.63) is 17.7 Å². The molecule has 0 spiro atoms. The van der Waals surface area contributed by atoms with Crippen molar-refractivity contribution in [2.24, 2.45) is 11.5 Å². The molecule has 1 amide bonds. The van der Waals surface area contributed by atoms with Crippen LogP contribution < -0.4 is 36.3 Å². The van der Waals surface area contributed by atoms with Gasteiger partial charge in [0.15, 0.2) is 17.5 Å². The Bertz CT molecular complexity index is 628. The molecule has 0 heterocycles. The van der Waals surface area contributed by atoms with Crippen LogP contribution in [0.15, 0.2) is 12.1 Å².